The van der Waals surface area contributed by atoms with Crippen molar-refractivity contribution in [3.8, 4) is 0 Å². The molecule has 0 aliphatic carbocycles. The van der Waals surface area contributed by atoms with Crippen molar-refractivity contribution in [2.45, 2.75) is 19.8 Å². The van der Waals surface area contributed by atoms with E-state index >= 15 is 0 Å². The first-order valence-corrected chi connectivity index (χ1v) is 4.77. The van der Waals surface area contributed by atoms with Gasteiger partial charge < -0.3 is 4.74 Å². The highest BCUT2D eigenvalue weighted by Crippen LogP contribution is 2.12. The highest BCUT2D eigenvalue weighted by atomic mass is 31.1. The number of unbranched alkanes of at least 4 members (excludes halogenated alkanes) is 1. The summed E-state index contributed by atoms with van der Waals surface area (Å²) in [6.07, 6.45) is 2.11. The molecule has 0 saturated heterocycles. The van der Waals surface area contributed by atoms with Crippen molar-refractivity contribution in [3.63, 3.8) is 0 Å². The summed E-state index contributed by atoms with van der Waals surface area (Å²) in [5.74, 6) is 0. The van der Waals surface area contributed by atoms with Gasteiger partial charge in [-0.1, -0.05) is 13.3 Å². The summed E-state index contributed by atoms with van der Waals surface area (Å²) in [7, 11) is -2.45. The molecular formula is C6H14O4P+. The molecule has 0 aliphatic heterocycles. The third-order valence-electron chi connectivity index (χ3n) is 1.07. The van der Waals surface area contributed by atoms with Gasteiger partial charge in [-0.2, -0.15) is 0 Å². The van der Waals surface area contributed by atoms with Crippen LogP contribution in [0.4, 0.5) is 0 Å². The van der Waals surface area contributed by atoms with Crippen LogP contribution in [-0.4, -0.2) is 24.7 Å². The van der Waals surface area contributed by atoms with Gasteiger partial charge in [0.25, 0.3) is 0 Å². The summed E-state index contributed by atoms with van der Waals surface area (Å²) in [5, 5.41) is 0. The highest BCUT2D eigenvalue weighted by Gasteiger charge is 2.09. The lowest BCUT2D eigenvalue weighted by atomic mass is 10.4. The average molecular weight is 181 g/mol. The first-order valence-electron chi connectivity index (χ1n) is 3.64. The smallest absolute Gasteiger partial charge is 0.379 e. The molecule has 0 bridgehead atoms. The molecule has 5 heteroatoms. The predicted octanol–water partition coefficient (Wildman–Crippen LogP) is 1.47. The molecule has 1 unspecified atom stereocenters. The van der Waals surface area contributed by atoms with Gasteiger partial charge in [-0.15, -0.1) is 9.42 Å². The summed E-state index contributed by atoms with van der Waals surface area (Å²) in [6, 6.07) is 0. The van der Waals surface area contributed by atoms with E-state index < -0.39 is 8.25 Å². The van der Waals surface area contributed by atoms with Gasteiger partial charge in [0.15, 0.2) is 0 Å². The van der Waals surface area contributed by atoms with E-state index in [0.717, 1.165) is 12.8 Å². The Hall–Kier alpha value is -0.0200. The van der Waals surface area contributed by atoms with Crippen molar-refractivity contribution in [1.29, 1.82) is 0 Å². The maximum atomic E-state index is 9.96. The van der Waals surface area contributed by atoms with Gasteiger partial charge in [-0.05, 0) is 6.42 Å². The number of rotatable bonds is 7. The highest BCUT2D eigenvalue weighted by molar-refractivity contribution is 7.32. The molecule has 0 aromatic rings. The molecule has 4 nitrogen and oxygen atoms in total. The zero-order valence-electron chi connectivity index (χ0n) is 6.65. The maximum Gasteiger partial charge on any atom is 0.694 e. The first-order chi connectivity index (χ1) is 5.27. The van der Waals surface area contributed by atoms with Crippen LogP contribution in [0.2, 0.25) is 0 Å². The second-order valence-electron chi connectivity index (χ2n) is 2.04. The SMILES string of the molecule is CCCCOCCO[P+](=O)O. The summed E-state index contributed by atoms with van der Waals surface area (Å²) in [5.41, 5.74) is 0. The fourth-order valence-corrected chi connectivity index (χ4v) is 0.753. The van der Waals surface area contributed by atoms with Crippen LogP contribution in [0.25, 0.3) is 0 Å². The van der Waals surface area contributed by atoms with E-state index in [9.17, 15) is 4.57 Å². The van der Waals surface area contributed by atoms with E-state index in [1.54, 1.807) is 0 Å². The minimum Gasteiger partial charge on any atom is -0.379 e. The van der Waals surface area contributed by atoms with Crippen LogP contribution in [0.1, 0.15) is 19.8 Å². The molecule has 66 valence electrons. The number of hydrogen-bond donors (Lipinski definition) is 1. The zero-order valence-corrected chi connectivity index (χ0v) is 7.55. The lowest BCUT2D eigenvalue weighted by Crippen LogP contribution is -2.01. The molecule has 1 N–H and O–H groups in total. The molecule has 0 saturated carbocycles. The molecule has 0 rings (SSSR count). The van der Waals surface area contributed by atoms with E-state index in [1.165, 1.54) is 0 Å². The van der Waals surface area contributed by atoms with Gasteiger partial charge in [0, 0.05) is 11.2 Å². The molecule has 0 aromatic heterocycles. The quantitative estimate of drug-likeness (QED) is 0.477. The monoisotopic (exact) mass is 181 g/mol. The molecule has 0 aromatic carbocycles. The molecule has 0 spiro atoms. The Bertz CT molecular complexity index is 107. The topological polar surface area (TPSA) is 55.8 Å². The summed E-state index contributed by atoms with van der Waals surface area (Å²) in [4.78, 5) is 8.19. The first kappa shape index (κ1) is 11.0. The third kappa shape index (κ3) is 9.98. The second kappa shape index (κ2) is 8.08. The molecule has 0 aliphatic rings. The van der Waals surface area contributed by atoms with Crippen LogP contribution in [0.15, 0.2) is 0 Å². The van der Waals surface area contributed by atoms with E-state index in [4.69, 9.17) is 9.63 Å². The van der Waals surface area contributed by atoms with Crippen molar-refractivity contribution in [3.05, 3.63) is 0 Å². The normalized spacial score (nSPS) is 11.6. The minimum absolute atomic E-state index is 0.190. The number of ether oxygens (including phenoxy) is 1. The maximum absolute atomic E-state index is 9.96. The molecule has 0 amide bonds. The van der Waals surface area contributed by atoms with Crippen LogP contribution >= 0.6 is 8.25 Å². The Kier molecular flexibility index (Phi) is 8.07. The lowest BCUT2D eigenvalue weighted by Gasteiger charge is -1.97. The van der Waals surface area contributed by atoms with E-state index in [2.05, 4.69) is 11.4 Å². The lowest BCUT2D eigenvalue weighted by molar-refractivity contribution is 0.0965. The zero-order chi connectivity index (χ0) is 8.53. The van der Waals surface area contributed by atoms with Gasteiger partial charge in [-0.25, -0.2) is 0 Å². The Morgan fingerprint density at radius 2 is 2.09 bits per heavy atom. The largest absolute Gasteiger partial charge is 0.694 e. The Morgan fingerprint density at radius 1 is 1.36 bits per heavy atom. The molecule has 0 heterocycles. The molecular weight excluding hydrogens is 167 g/mol. The molecule has 0 fully saturated rings. The van der Waals surface area contributed by atoms with E-state index in [1.807, 2.05) is 0 Å². The standard InChI is InChI=1S/C6H13O4P/c1-2-3-4-9-5-6-10-11(7)8/h2-6H2,1H3/p+1. The molecule has 1 atom stereocenters. The summed E-state index contributed by atoms with van der Waals surface area (Å²) < 4.78 is 19.4. The van der Waals surface area contributed by atoms with Crippen LogP contribution < -0.4 is 0 Å². The fraction of sp³-hybridized carbons (Fsp3) is 1.00. The molecule has 11 heavy (non-hydrogen) atoms. The third-order valence-corrected chi connectivity index (χ3v) is 1.48. The summed E-state index contributed by atoms with van der Waals surface area (Å²) >= 11 is 0. The average Bonchev–Trinajstić information content (AvgIpc) is 1.96. The number of hydrogen-bond acceptors (Lipinski definition) is 3. The van der Waals surface area contributed by atoms with Crippen LogP contribution in [0.3, 0.4) is 0 Å². The van der Waals surface area contributed by atoms with Crippen LogP contribution in [-0.2, 0) is 13.8 Å². The van der Waals surface area contributed by atoms with Gasteiger partial charge in [0.1, 0.15) is 6.61 Å². The van der Waals surface area contributed by atoms with Gasteiger partial charge in [0.05, 0.1) is 6.61 Å². The van der Waals surface area contributed by atoms with Crippen molar-refractivity contribution in [1.82, 2.24) is 0 Å². The second-order valence-corrected chi connectivity index (χ2v) is 2.77. The molecule has 0 radical (unpaired) electrons. The Labute approximate surface area is 67.5 Å². The van der Waals surface area contributed by atoms with E-state index in [-0.39, 0.29) is 6.61 Å². The van der Waals surface area contributed by atoms with Gasteiger partial charge >= 0.3 is 8.25 Å². The van der Waals surface area contributed by atoms with Crippen LogP contribution in [0, 0.1) is 0 Å². The Balaban J connectivity index is 2.85. The van der Waals surface area contributed by atoms with Crippen molar-refractivity contribution >= 4 is 8.25 Å². The fourth-order valence-electron chi connectivity index (χ4n) is 0.523. The summed E-state index contributed by atoms with van der Waals surface area (Å²) in [6.45, 7) is 3.35. The Morgan fingerprint density at radius 3 is 2.64 bits per heavy atom. The van der Waals surface area contributed by atoms with Crippen molar-refractivity contribution < 1.29 is 18.7 Å². The minimum atomic E-state index is -2.45. The van der Waals surface area contributed by atoms with E-state index in [0.29, 0.717) is 13.2 Å². The van der Waals surface area contributed by atoms with Crippen molar-refractivity contribution in [2.24, 2.45) is 0 Å². The van der Waals surface area contributed by atoms with Gasteiger partial charge in [0.2, 0.25) is 0 Å². The van der Waals surface area contributed by atoms with Crippen molar-refractivity contribution in [2.75, 3.05) is 19.8 Å². The van der Waals surface area contributed by atoms with Crippen LogP contribution in [0.5, 0.6) is 0 Å². The predicted molar refractivity (Wildman–Crippen MR) is 41.5 cm³/mol. The van der Waals surface area contributed by atoms with Gasteiger partial charge in [-0.3, -0.25) is 0 Å².